The van der Waals surface area contributed by atoms with Gasteiger partial charge in [0, 0.05) is 47.8 Å². The van der Waals surface area contributed by atoms with Crippen molar-refractivity contribution in [1.29, 1.82) is 0 Å². The zero-order valence-electron chi connectivity index (χ0n) is 35.8. The number of fused-ring (bicyclic) bond motifs is 5. The number of aliphatic hydroxyl groups is 1. The molecule has 10 rings (SSSR count). The van der Waals surface area contributed by atoms with Crippen molar-refractivity contribution in [2.45, 2.75) is 94.9 Å². The third kappa shape index (κ3) is 6.81. The van der Waals surface area contributed by atoms with Crippen LogP contribution in [0.4, 0.5) is 32.5 Å². The summed E-state index contributed by atoms with van der Waals surface area (Å²) in [5.74, 6) is -1.41. The van der Waals surface area contributed by atoms with Crippen molar-refractivity contribution < 1.29 is 33.1 Å². The SMILES string of the molecule is C[C@H]1[C@H]([Si](C)(C)F)[C@@H](CC(=O)N2Cc3ccccc3C[C@H]2CO)O[C@]12C(=O)N(Cc1cccc(N3C(=O)CCc4ccccc43)c1)c1ccc(N3C(=O)CCc4ccccc43)cc12. The van der Waals surface area contributed by atoms with Crippen LogP contribution in [-0.4, -0.2) is 60.8 Å². The van der Waals surface area contributed by atoms with Crippen molar-refractivity contribution in [2.75, 3.05) is 21.3 Å². The van der Waals surface area contributed by atoms with Gasteiger partial charge in [0.15, 0.2) is 5.60 Å². The first-order valence-electron chi connectivity index (χ1n) is 22.1. The quantitative estimate of drug-likeness (QED) is 0.124. The van der Waals surface area contributed by atoms with Crippen LogP contribution in [-0.2, 0) is 61.9 Å². The number of carbonyl (C=O) groups is 4. The summed E-state index contributed by atoms with van der Waals surface area (Å²) in [5.41, 5.74) is 6.54. The van der Waals surface area contributed by atoms with Gasteiger partial charge in [-0.15, -0.1) is 0 Å². The van der Waals surface area contributed by atoms with Crippen LogP contribution in [0.15, 0.2) is 115 Å². The number of aliphatic hydroxyl groups excluding tert-OH is 1. The average Bonchev–Trinajstić information content (AvgIpc) is 3.71. The molecule has 12 heteroatoms. The number of anilines is 5. The molecule has 0 aliphatic carbocycles. The molecule has 1 N–H and O–H groups in total. The first kappa shape index (κ1) is 41.1. The molecule has 0 radical (unpaired) electrons. The van der Waals surface area contributed by atoms with E-state index in [0.717, 1.165) is 39.2 Å². The number of halogens is 1. The molecular weight excluding hydrogens is 812 g/mol. The average molecular weight is 863 g/mol. The van der Waals surface area contributed by atoms with Crippen molar-refractivity contribution in [3.05, 3.63) is 149 Å². The summed E-state index contributed by atoms with van der Waals surface area (Å²) in [4.78, 5) is 64.2. The minimum Gasteiger partial charge on any atom is -0.394 e. The Bertz CT molecular complexity index is 2680. The van der Waals surface area contributed by atoms with Crippen molar-refractivity contribution in [1.82, 2.24) is 4.90 Å². The van der Waals surface area contributed by atoms with Crippen LogP contribution in [0.1, 0.15) is 59.6 Å². The second-order valence-electron chi connectivity index (χ2n) is 18.3. The fourth-order valence-corrected chi connectivity index (χ4v) is 13.8. The fourth-order valence-electron chi connectivity index (χ4n) is 11.3. The maximum atomic E-state index is 17.0. The van der Waals surface area contributed by atoms with E-state index in [0.29, 0.717) is 61.3 Å². The van der Waals surface area contributed by atoms with E-state index in [9.17, 15) is 19.5 Å². The number of aryl methyl sites for hydroxylation is 2. The first-order valence-corrected chi connectivity index (χ1v) is 25.0. The lowest BCUT2D eigenvalue weighted by atomic mass is 9.82. The molecule has 0 unspecified atom stereocenters. The number of amides is 4. The van der Waals surface area contributed by atoms with Crippen LogP contribution >= 0.6 is 0 Å². The number of para-hydroxylation sites is 2. The van der Waals surface area contributed by atoms with Crippen LogP contribution in [0.2, 0.25) is 18.6 Å². The molecule has 1 fully saturated rings. The van der Waals surface area contributed by atoms with E-state index in [1.807, 2.05) is 122 Å². The lowest BCUT2D eigenvalue weighted by molar-refractivity contribution is -0.151. The lowest BCUT2D eigenvalue weighted by Gasteiger charge is -2.37. The normalized spacial score (nSPS) is 24.1. The molecule has 1 saturated heterocycles. The van der Waals surface area contributed by atoms with E-state index < -0.39 is 37.6 Å². The van der Waals surface area contributed by atoms with Crippen molar-refractivity contribution in [2.24, 2.45) is 5.92 Å². The van der Waals surface area contributed by atoms with Gasteiger partial charge in [-0.3, -0.25) is 29.0 Å². The standard InChI is InChI=1S/C51H51FN4O6Si/c1-32-49(63(2,3)52)45(28-48(60)53-30-37-15-5-4-14-36(37)26-40(53)31-57)62-51(32)41-27-39(56-43-18-9-7-13-35(43)20-24-47(56)59)21-22-44(41)54(50(51)61)29-33-11-10-16-38(25-33)55-42-17-8-6-12-34(42)19-23-46(55)58/h4-18,21-22,25,27,32,40,45,49,57H,19-20,23-24,26,28-31H2,1-3H3/t32-,40-,45+,49-,51+/m0/s1. The van der Waals surface area contributed by atoms with E-state index in [4.69, 9.17) is 4.74 Å². The molecule has 5 aliphatic rings. The van der Waals surface area contributed by atoms with Gasteiger partial charge in [-0.25, -0.2) is 0 Å². The molecule has 0 aromatic heterocycles. The Kier molecular flexibility index (Phi) is 10.2. The number of benzene rings is 5. The Labute approximate surface area is 368 Å². The van der Waals surface area contributed by atoms with E-state index >= 15 is 8.90 Å². The molecule has 1 spiro atoms. The maximum absolute atomic E-state index is 17.0. The minimum absolute atomic E-state index is 0.00866. The Hall–Kier alpha value is -5.95. The molecule has 0 bridgehead atoms. The Balaban J connectivity index is 1.05. The molecular formula is C51H51FN4O6Si. The number of nitrogens with zero attached hydrogens (tertiary/aromatic N) is 4. The van der Waals surface area contributed by atoms with E-state index in [-0.39, 0.29) is 43.2 Å². The molecule has 63 heavy (non-hydrogen) atoms. The molecule has 5 heterocycles. The Morgan fingerprint density at radius 1 is 0.746 bits per heavy atom. The number of ether oxygens (including phenoxy) is 1. The summed E-state index contributed by atoms with van der Waals surface area (Å²) in [7, 11) is -3.67. The van der Waals surface area contributed by atoms with E-state index in [1.165, 1.54) is 0 Å². The zero-order chi connectivity index (χ0) is 43.8. The first-order chi connectivity index (χ1) is 30.4. The topological polar surface area (TPSA) is 111 Å². The van der Waals surface area contributed by atoms with Crippen LogP contribution in [0.3, 0.4) is 0 Å². The molecule has 5 aromatic rings. The summed E-state index contributed by atoms with van der Waals surface area (Å²) >= 11 is 0. The minimum atomic E-state index is -3.67. The van der Waals surface area contributed by atoms with Gasteiger partial charge in [-0.1, -0.05) is 79.7 Å². The van der Waals surface area contributed by atoms with Crippen molar-refractivity contribution in [3.8, 4) is 0 Å². The maximum Gasteiger partial charge on any atom is 0.264 e. The number of hydrogen-bond donors (Lipinski definition) is 1. The predicted molar refractivity (Wildman–Crippen MR) is 242 cm³/mol. The van der Waals surface area contributed by atoms with E-state index in [1.54, 1.807) is 32.7 Å². The molecule has 4 amide bonds. The van der Waals surface area contributed by atoms with Crippen molar-refractivity contribution in [3.63, 3.8) is 0 Å². The van der Waals surface area contributed by atoms with Gasteiger partial charge in [0.1, 0.15) is 0 Å². The van der Waals surface area contributed by atoms with Gasteiger partial charge in [0.2, 0.25) is 26.1 Å². The highest BCUT2D eigenvalue weighted by Crippen LogP contribution is 2.61. The summed E-state index contributed by atoms with van der Waals surface area (Å²) in [6, 6.07) is 36.3. The molecule has 10 nitrogen and oxygen atoms in total. The van der Waals surface area contributed by atoms with Gasteiger partial charge in [0.25, 0.3) is 5.91 Å². The molecule has 322 valence electrons. The molecule has 5 aromatic carbocycles. The van der Waals surface area contributed by atoms with Gasteiger partial charge < -0.3 is 23.8 Å². The second kappa shape index (κ2) is 15.7. The zero-order valence-corrected chi connectivity index (χ0v) is 36.8. The van der Waals surface area contributed by atoms with Gasteiger partial charge in [0.05, 0.1) is 48.8 Å². The number of carbonyl (C=O) groups excluding carboxylic acids is 4. The highest BCUT2D eigenvalue weighted by atomic mass is 28.4. The second-order valence-corrected chi connectivity index (χ2v) is 22.1. The summed E-state index contributed by atoms with van der Waals surface area (Å²) in [6.45, 7) is 5.32. The van der Waals surface area contributed by atoms with Crippen LogP contribution in [0, 0.1) is 5.92 Å². The predicted octanol–water partition coefficient (Wildman–Crippen LogP) is 8.57. The number of hydrogen-bond acceptors (Lipinski definition) is 6. The van der Waals surface area contributed by atoms with Crippen molar-refractivity contribution >= 4 is 60.5 Å². The molecule has 5 aliphatic heterocycles. The van der Waals surface area contributed by atoms with E-state index in [2.05, 4.69) is 0 Å². The number of rotatable bonds is 8. The van der Waals surface area contributed by atoms with Gasteiger partial charge >= 0.3 is 0 Å². The Morgan fingerprint density at radius 3 is 1.98 bits per heavy atom. The largest absolute Gasteiger partial charge is 0.394 e. The van der Waals surface area contributed by atoms with Crippen LogP contribution in [0.25, 0.3) is 0 Å². The Morgan fingerprint density at radius 2 is 1.35 bits per heavy atom. The highest BCUT2D eigenvalue weighted by Gasteiger charge is 2.67. The molecule has 0 saturated carbocycles. The van der Waals surface area contributed by atoms with Crippen LogP contribution in [0.5, 0.6) is 0 Å². The van der Waals surface area contributed by atoms with Gasteiger partial charge in [-0.05, 0) is 103 Å². The fraction of sp³-hybridized carbons (Fsp3) is 0.333. The third-order valence-electron chi connectivity index (χ3n) is 14.2. The summed E-state index contributed by atoms with van der Waals surface area (Å²) in [6.07, 6.45) is 1.38. The molecule has 5 atom stereocenters. The highest BCUT2D eigenvalue weighted by molar-refractivity contribution is 6.72. The van der Waals surface area contributed by atoms with Crippen LogP contribution < -0.4 is 14.7 Å². The summed E-state index contributed by atoms with van der Waals surface area (Å²) in [5, 5.41) is 10.5. The summed E-state index contributed by atoms with van der Waals surface area (Å²) < 4.78 is 24.2. The monoisotopic (exact) mass is 862 g/mol. The van der Waals surface area contributed by atoms with Gasteiger partial charge in [-0.2, -0.15) is 0 Å². The lowest BCUT2D eigenvalue weighted by Crippen LogP contribution is -2.48. The third-order valence-corrected chi connectivity index (χ3v) is 16.6. The smallest absolute Gasteiger partial charge is 0.264 e.